The summed E-state index contributed by atoms with van der Waals surface area (Å²) in [5, 5.41) is 18.6. The summed E-state index contributed by atoms with van der Waals surface area (Å²) < 4.78 is 0. The quantitative estimate of drug-likeness (QED) is 0.935. The molecule has 1 N–H and O–H groups in total. The summed E-state index contributed by atoms with van der Waals surface area (Å²) in [5.41, 5.74) is 2.62. The molecule has 1 aromatic carbocycles. The van der Waals surface area contributed by atoms with Crippen molar-refractivity contribution in [3.05, 3.63) is 52.7 Å². The van der Waals surface area contributed by atoms with Crippen LogP contribution in [0.3, 0.4) is 0 Å². The Morgan fingerprint density at radius 1 is 1.33 bits per heavy atom. The number of anilines is 2. The minimum Gasteiger partial charge on any atom is -0.478 e. The molecule has 21 heavy (non-hydrogen) atoms. The van der Waals surface area contributed by atoms with Gasteiger partial charge in [-0.15, -0.1) is 0 Å². The van der Waals surface area contributed by atoms with Crippen molar-refractivity contribution >= 4 is 17.5 Å². The number of aromatic carboxylic acids is 1. The van der Waals surface area contributed by atoms with E-state index in [4.69, 9.17) is 0 Å². The number of nitriles is 1. The molecule has 0 atom stereocenters. The molecule has 0 saturated carbocycles. The Bertz CT molecular complexity index is 748. The van der Waals surface area contributed by atoms with Crippen molar-refractivity contribution in [3.8, 4) is 6.07 Å². The van der Waals surface area contributed by atoms with E-state index >= 15 is 0 Å². The average molecular weight is 281 g/mol. The fraction of sp³-hybridized carbons (Fsp3) is 0.188. The zero-order valence-corrected chi connectivity index (χ0v) is 12.1. The largest absolute Gasteiger partial charge is 0.478 e. The number of pyridine rings is 1. The zero-order valence-electron chi connectivity index (χ0n) is 12.1. The van der Waals surface area contributed by atoms with Gasteiger partial charge in [0.05, 0.1) is 11.3 Å². The van der Waals surface area contributed by atoms with Crippen LogP contribution in [0.5, 0.6) is 0 Å². The van der Waals surface area contributed by atoms with Gasteiger partial charge in [-0.2, -0.15) is 5.26 Å². The molecule has 0 fully saturated rings. The van der Waals surface area contributed by atoms with Crippen LogP contribution in [-0.4, -0.2) is 23.1 Å². The van der Waals surface area contributed by atoms with Gasteiger partial charge in [-0.1, -0.05) is 12.1 Å². The number of hydrogen-bond donors (Lipinski definition) is 1. The third-order valence-corrected chi connectivity index (χ3v) is 3.24. The summed E-state index contributed by atoms with van der Waals surface area (Å²) in [4.78, 5) is 17.5. The monoisotopic (exact) mass is 281 g/mol. The van der Waals surface area contributed by atoms with Crippen LogP contribution >= 0.6 is 0 Å². The van der Waals surface area contributed by atoms with Crippen LogP contribution in [0.2, 0.25) is 0 Å². The molecule has 2 aromatic rings. The molecule has 106 valence electrons. The number of aryl methyl sites for hydroxylation is 2. The molecule has 5 nitrogen and oxygen atoms in total. The van der Waals surface area contributed by atoms with Gasteiger partial charge in [-0.25, -0.2) is 9.78 Å². The SMILES string of the molecule is Cc1cc(C)c(C(=O)O)c(N(C)c2ccccc2C#N)n1. The fourth-order valence-corrected chi connectivity index (χ4v) is 2.30. The number of rotatable bonds is 3. The molecule has 0 aliphatic heterocycles. The summed E-state index contributed by atoms with van der Waals surface area (Å²) in [6.45, 7) is 3.55. The third-order valence-electron chi connectivity index (χ3n) is 3.24. The molecule has 1 aromatic heterocycles. The maximum atomic E-state index is 11.5. The van der Waals surface area contributed by atoms with Gasteiger partial charge in [-0.05, 0) is 37.6 Å². The number of hydrogen-bond acceptors (Lipinski definition) is 4. The lowest BCUT2D eigenvalue weighted by atomic mass is 10.1. The Balaban J connectivity index is 2.66. The highest BCUT2D eigenvalue weighted by atomic mass is 16.4. The van der Waals surface area contributed by atoms with E-state index in [1.807, 2.05) is 6.92 Å². The lowest BCUT2D eigenvalue weighted by molar-refractivity contribution is 0.0696. The molecule has 0 aliphatic carbocycles. The van der Waals surface area contributed by atoms with Crippen molar-refractivity contribution < 1.29 is 9.90 Å². The van der Waals surface area contributed by atoms with E-state index in [1.54, 1.807) is 49.2 Å². The first-order chi connectivity index (χ1) is 9.95. The summed E-state index contributed by atoms with van der Waals surface area (Å²) in [6, 6.07) is 10.9. The lowest BCUT2D eigenvalue weighted by Gasteiger charge is -2.22. The summed E-state index contributed by atoms with van der Waals surface area (Å²) in [7, 11) is 1.71. The van der Waals surface area contributed by atoms with E-state index in [9.17, 15) is 15.2 Å². The number of carboxylic acid groups (broad SMARTS) is 1. The van der Waals surface area contributed by atoms with E-state index in [0.29, 0.717) is 22.6 Å². The lowest BCUT2D eigenvalue weighted by Crippen LogP contribution is -2.18. The van der Waals surface area contributed by atoms with Crippen molar-refractivity contribution in [3.63, 3.8) is 0 Å². The van der Waals surface area contributed by atoms with E-state index < -0.39 is 5.97 Å². The van der Waals surface area contributed by atoms with Crippen LogP contribution in [0.4, 0.5) is 11.5 Å². The predicted molar refractivity (Wildman–Crippen MR) is 79.9 cm³/mol. The molecule has 0 saturated heterocycles. The van der Waals surface area contributed by atoms with Gasteiger partial charge in [0.15, 0.2) is 0 Å². The number of nitrogens with zero attached hydrogens (tertiary/aromatic N) is 3. The van der Waals surface area contributed by atoms with Gasteiger partial charge in [0.2, 0.25) is 0 Å². The average Bonchev–Trinajstić information content (AvgIpc) is 2.45. The predicted octanol–water partition coefficient (Wildman–Crippen LogP) is 3.04. The molecular formula is C16H15N3O2. The Morgan fingerprint density at radius 2 is 2.00 bits per heavy atom. The first-order valence-corrected chi connectivity index (χ1v) is 6.40. The molecule has 0 amide bonds. The maximum absolute atomic E-state index is 11.5. The van der Waals surface area contributed by atoms with Crippen LogP contribution < -0.4 is 4.90 Å². The summed E-state index contributed by atoms with van der Waals surface area (Å²) in [5.74, 6) is -0.695. The number of aromatic nitrogens is 1. The van der Waals surface area contributed by atoms with Crippen molar-refractivity contribution in [1.82, 2.24) is 4.98 Å². The van der Waals surface area contributed by atoms with Crippen LogP contribution in [0.15, 0.2) is 30.3 Å². The Hall–Kier alpha value is -2.87. The molecule has 0 bridgehead atoms. The van der Waals surface area contributed by atoms with Crippen LogP contribution in [-0.2, 0) is 0 Å². The van der Waals surface area contributed by atoms with Gasteiger partial charge in [0, 0.05) is 12.7 Å². The molecule has 1 heterocycles. The van der Waals surface area contributed by atoms with Gasteiger partial charge < -0.3 is 10.0 Å². The fourth-order valence-electron chi connectivity index (χ4n) is 2.30. The topological polar surface area (TPSA) is 77.2 Å². The van der Waals surface area contributed by atoms with Gasteiger partial charge >= 0.3 is 5.97 Å². The second-order valence-electron chi connectivity index (χ2n) is 4.77. The minimum absolute atomic E-state index is 0.149. The summed E-state index contributed by atoms with van der Waals surface area (Å²) >= 11 is 0. The van der Waals surface area contributed by atoms with Gasteiger partial charge in [0.25, 0.3) is 0 Å². The smallest absolute Gasteiger partial charge is 0.339 e. The first-order valence-electron chi connectivity index (χ1n) is 6.40. The van der Waals surface area contributed by atoms with E-state index in [1.165, 1.54) is 0 Å². The zero-order chi connectivity index (χ0) is 15.6. The van der Waals surface area contributed by atoms with E-state index in [-0.39, 0.29) is 5.56 Å². The Kier molecular flexibility index (Phi) is 3.90. The number of para-hydroxylation sites is 1. The van der Waals surface area contributed by atoms with E-state index in [2.05, 4.69) is 11.1 Å². The van der Waals surface area contributed by atoms with Gasteiger partial charge in [0.1, 0.15) is 17.5 Å². The minimum atomic E-state index is -1.03. The molecule has 0 radical (unpaired) electrons. The standard InChI is InChI=1S/C16H15N3O2/c1-10-8-11(2)18-15(14(10)16(20)21)19(3)13-7-5-4-6-12(13)9-17/h4-8H,1-3H3,(H,20,21). The second-order valence-corrected chi connectivity index (χ2v) is 4.77. The molecule has 2 rings (SSSR count). The van der Waals surface area contributed by atoms with Crippen molar-refractivity contribution in [1.29, 1.82) is 5.26 Å². The van der Waals surface area contributed by atoms with Crippen LogP contribution in [0.1, 0.15) is 27.2 Å². The normalized spacial score (nSPS) is 10.0. The molecule has 0 unspecified atom stereocenters. The number of carboxylic acids is 1. The molecule has 0 spiro atoms. The second kappa shape index (κ2) is 5.63. The highest BCUT2D eigenvalue weighted by Crippen LogP contribution is 2.29. The van der Waals surface area contributed by atoms with Crippen LogP contribution in [0, 0.1) is 25.2 Å². The van der Waals surface area contributed by atoms with Crippen molar-refractivity contribution in [2.75, 3.05) is 11.9 Å². The molecule has 5 heteroatoms. The molecule has 0 aliphatic rings. The number of benzene rings is 1. The highest BCUT2D eigenvalue weighted by Gasteiger charge is 2.20. The maximum Gasteiger partial charge on any atom is 0.339 e. The Morgan fingerprint density at radius 3 is 2.62 bits per heavy atom. The van der Waals surface area contributed by atoms with Gasteiger partial charge in [-0.3, -0.25) is 0 Å². The highest BCUT2D eigenvalue weighted by molar-refractivity contribution is 5.96. The number of carbonyl (C=O) groups is 1. The van der Waals surface area contributed by atoms with Crippen LogP contribution in [0.25, 0.3) is 0 Å². The Labute approximate surface area is 123 Å². The molecular weight excluding hydrogens is 266 g/mol. The third kappa shape index (κ3) is 2.70. The van der Waals surface area contributed by atoms with E-state index in [0.717, 1.165) is 5.69 Å². The van der Waals surface area contributed by atoms with Crippen molar-refractivity contribution in [2.45, 2.75) is 13.8 Å². The first kappa shape index (κ1) is 14.5. The van der Waals surface area contributed by atoms with Crippen molar-refractivity contribution in [2.24, 2.45) is 0 Å². The summed E-state index contributed by atoms with van der Waals surface area (Å²) in [6.07, 6.45) is 0.